The van der Waals surface area contributed by atoms with E-state index in [2.05, 4.69) is 9.97 Å². The minimum Gasteiger partial charge on any atom is -0.336 e. The number of fused-ring (bicyclic) bond motifs is 1. The Labute approximate surface area is 140 Å². The number of hydrogen-bond donors (Lipinski definition) is 2. The van der Waals surface area contributed by atoms with Gasteiger partial charge in [0, 0.05) is 12.6 Å². The lowest BCUT2D eigenvalue weighted by atomic mass is 10.1. The second-order valence-corrected chi connectivity index (χ2v) is 6.24. The van der Waals surface area contributed by atoms with Gasteiger partial charge >= 0.3 is 5.69 Å². The van der Waals surface area contributed by atoms with Crippen LogP contribution in [0.2, 0.25) is 0 Å². The summed E-state index contributed by atoms with van der Waals surface area (Å²) >= 11 is 0. The van der Waals surface area contributed by atoms with E-state index < -0.39 is 0 Å². The Morgan fingerprint density at radius 2 is 1.71 bits per heavy atom. The third kappa shape index (κ3) is 3.56. The number of carbonyl (C=O) groups excluding carboxylic acids is 1. The zero-order chi connectivity index (χ0) is 17.1. The standard InChI is InChI=1S/C19H21N3O2/c1-13(2)22(12-14-6-4-3-5-7-14)18(23)11-15-8-9-16-17(10-15)21-19(24)20-16/h3-10,13H,11-12H2,1-2H3,(H2,20,21,24). The zero-order valence-electron chi connectivity index (χ0n) is 13.9. The van der Waals surface area contributed by atoms with Gasteiger partial charge in [0.1, 0.15) is 0 Å². The summed E-state index contributed by atoms with van der Waals surface area (Å²) in [6, 6.07) is 15.7. The van der Waals surface area contributed by atoms with E-state index >= 15 is 0 Å². The van der Waals surface area contributed by atoms with Gasteiger partial charge in [-0.2, -0.15) is 0 Å². The lowest BCUT2D eigenvalue weighted by Crippen LogP contribution is -2.37. The van der Waals surface area contributed by atoms with Crippen LogP contribution >= 0.6 is 0 Å². The Morgan fingerprint density at radius 1 is 1.00 bits per heavy atom. The van der Waals surface area contributed by atoms with Crippen LogP contribution in [-0.4, -0.2) is 26.8 Å². The Morgan fingerprint density at radius 3 is 2.42 bits per heavy atom. The predicted molar refractivity (Wildman–Crippen MR) is 94.8 cm³/mol. The van der Waals surface area contributed by atoms with E-state index in [-0.39, 0.29) is 17.6 Å². The van der Waals surface area contributed by atoms with Gasteiger partial charge < -0.3 is 14.9 Å². The van der Waals surface area contributed by atoms with Crippen molar-refractivity contribution in [3.63, 3.8) is 0 Å². The Hall–Kier alpha value is -2.82. The van der Waals surface area contributed by atoms with Gasteiger partial charge in [-0.1, -0.05) is 36.4 Å². The quantitative estimate of drug-likeness (QED) is 0.758. The summed E-state index contributed by atoms with van der Waals surface area (Å²) in [7, 11) is 0. The molecule has 0 saturated heterocycles. The molecule has 0 unspecified atom stereocenters. The second-order valence-electron chi connectivity index (χ2n) is 6.24. The molecule has 5 nitrogen and oxygen atoms in total. The van der Waals surface area contributed by atoms with Crippen molar-refractivity contribution < 1.29 is 4.79 Å². The van der Waals surface area contributed by atoms with Crippen LogP contribution in [0.15, 0.2) is 53.3 Å². The monoisotopic (exact) mass is 323 g/mol. The molecule has 2 aromatic carbocycles. The number of rotatable bonds is 5. The average molecular weight is 323 g/mol. The Balaban J connectivity index is 1.77. The summed E-state index contributed by atoms with van der Waals surface area (Å²) in [6.07, 6.45) is 0.314. The van der Waals surface area contributed by atoms with E-state index in [1.54, 1.807) is 0 Å². The SMILES string of the molecule is CC(C)N(Cc1ccccc1)C(=O)Cc1ccc2[nH]c(=O)[nH]c2c1. The molecule has 3 aromatic rings. The molecule has 1 amide bonds. The van der Waals surface area contributed by atoms with Crippen molar-refractivity contribution in [1.82, 2.24) is 14.9 Å². The van der Waals surface area contributed by atoms with Gasteiger partial charge in [-0.15, -0.1) is 0 Å². The predicted octanol–water partition coefficient (Wildman–Crippen LogP) is 2.84. The molecule has 0 radical (unpaired) electrons. The van der Waals surface area contributed by atoms with Gasteiger partial charge in [0.25, 0.3) is 0 Å². The fraction of sp³-hybridized carbons (Fsp3) is 0.263. The third-order valence-electron chi connectivity index (χ3n) is 4.08. The molecule has 24 heavy (non-hydrogen) atoms. The molecular weight excluding hydrogens is 302 g/mol. The second kappa shape index (κ2) is 6.74. The number of aromatic nitrogens is 2. The smallest absolute Gasteiger partial charge is 0.323 e. The summed E-state index contributed by atoms with van der Waals surface area (Å²) in [4.78, 5) is 31.4. The van der Waals surface area contributed by atoms with Gasteiger partial charge in [0.2, 0.25) is 5.91 Å². The first-order valence-corrected chi connectivity index (χ1v) is 8.07. The highest BCUT2D eigenvalue weighted by Crippen LogP contribution is 2.14. The van der Waals surface area contributed by atoms with E-state index in [0.717, 1.165) is 22.2 Å². The van der Waals surface area contributed by atoms with Gasteiger partial charge in [-0.05, 0) is 37.1 Å². The molecule has 0 aliphatic carbocycles. The maximum absolute atomic E-state index is 12.7. The first-order valence-electron chi connectivity index (χ1n) is 8.07. The Bertz CT molecular complexity index is 894. The van der Waals surface area contributed by atoms with Crippen molar-refractivity contribution in [2.24, 2.45) is 0 Å². The van der Waals surface area contributed by atoms with Gasteiger partial charge in [0.05, 0.1) is 17.5 Å². The molecule has 1 aromatic heterocycles. The number of imidazole rings is 1. The van der Waals surface area contributed by atoms with E-state index in [4.69, 9.17) is 0 Å². The van der Waals surface area contributed by atoms with Gasteiger partial charge in [0.15, 0.2) is 0 Å². The normalized spacial score (nSPS) is 11.1. The van der Waals surface area contributed by atoms with Crippen LogP contribution in [0.1, 0.15) is 25.0 Å². The largest absolute Gasteiger partial charge is 0.336 e. The van der Waals surface area contributed by atoms with Crippen molar-refractivity contribution >= 4 is 16.9 Å². The molecule has 3 rings (SSSR count). The van der Waals surface area contributed by atoms with Crippen molar-refractivity contribution in [2.45, 2.75) is 32.9 Å². The summed E-state index contributed by atoms with van der Waals surface area (Å²) in [6.45, 7) is 4.64. The Kier molecular flexibility index (Phi) is 4.51. The van der Waals surface area contributed by atoms with E-state index in [1.165, 1.54) is 0 Å². The summed E-state index contributed by atoms with van der Waals surface area (Å²) < 4.78 is 0. The number of carbonyl (C=O) groups is 1. The molecule has 0 aliphatic rings. The van der Waals surface area contributed by atoms with Crippen LogP contribution in [0.25, 0.3) is 11.0 Å². The molecule has 0 bridgehead atoms. The summed E-state index contributed by atoms with van der Waals surface area (Å²) in [5, 5.41) is 0. The van der Waals surface area contributed by atoms with Crippen molar-refractivity contribution in [3.8, 4) is 0 Å². The van der Waals surface area contributed by atoms with Gasteiger partial charge in [-0.3, -0.25) is 4.79 Å². The van der Waals surface area contributed by atoms with E-state index in [9.17, 15) is 9.59 Å². The highest BCUT2D eigenvalue weighted by Gasteiger charge is 2.18. The van der Waals surface area contributed by atoms with Crippen LogP contribution in [-0.2, 0) is 17.8 Å². The minimum atomic E-state index is -0.235. The molecule has 2 N–H and O–H groups in total. The maximum Gasteiger partial charge on any atom is 0.323 e. The number of nitrogens with one attached hydrogen (secondary N) is 2. The number of benzene rings is 2. The molecule has 124 valence electrons. The minimum absolute atomic E-state index is 0.0751. The number of hydrogen-bond acceptors (Lipinski definition) is 2. The molecule has 0 spiro atoms. The van der Waals surface area contributed by atoms with Crippen LogP contribution < -0.4 is 5.69 Å². The molecule has 1 heterocycles. The van der Waals surface area contributed by atoms with Crippen molar-refractivity contribution in [3.05, 3.63) is 70.1 Å². The fourth-order valence-electron chi connectivity index (χ4n) is 2.80. The van der Waals surface area contributed by atoms with E-state index in [0.29, 0.717) is 13.0 Å². The number of H-pyrrole nitrogens is 2. The molecule has 0 fully saturated rings. The zero-order valence-corrected chi connectivity index (χ0v) is 13.9. The van der Waals surface area contributed by atoms with Crippen molar-refractivity contribution in [2.75, 3.05) is 0 Å². The number of nitrogens with zero attached hydrogens (tertiary/aromatic N) is 1. The summed E-state index contributed by atoms with van der Waals surface area (Å²) in [5.41, 5.74) is 3.25. The first-order chi connectivity index (χ1) is 11.5. The molecule has 0 aliphatic heterocycles. The van der Waals surface area contributed by atoms with E-state index in [1.807, 2.05) is 67.3 Å². The molecule has 5 heteroatoms. The highest BCUT2D eigenvalue weighted by atomic mass is 16.2. The highest BCUT2D eigenvalue weighted by molar-refractivity contribution is 5.81. The van der Waals surface area contributed by atoms with Crippen molar-refractivity contribution in [1.29, 1.82) is 0 Å². The van der Waals surface area contributed by atoms with Crippen LogP contribution in [0.3, 0.4) is 0 Å². The first kappa shape index (κ1) is 16.1. The topological polar surface area (TPSA) is 69.0 Å². The van der Waals surface area contributed by atoms with Crippen LogP contribution in [0, 0.1) is 0 Å². The molecule has 0 atom stereocenters. The number of amides is 1. The average Bonchev–Trinajstić information content (AvgIpc) is 2.92. The summed E-state index contributed by atoms with van der Waals surface area (Å²) in [5.74, 6) is 0.0751. The van der Waals surface area contributed by atoms with Crippen LogP contribution in [0.4, 0.5) is 0 Å². The van der Waals surface area contributed by atoms with Gasteiger partial charge in [-0.25, -0.2) is 4.79 Å². The lowest BCUT2D eigenvalue weighted by Gasteiger charge is -2.27. The maximum atomic E-state index is 12.7. The molecular formula is C19H21N3O2. The molecule has 0 saturated carbocycles. The lowest BCUT2D eigenvalue weighted by molar-refractivity contribution is -0.132. The van der Waals surface area contributed by atoms with Crippen LogP contribution in [0.5, 0.6) is 0 Å². The fourth-order valence-corrected chi connectivity index (χ4v) is 2.80. The third-order valence-corrected chi connectivity index (χ3v) is 4.08. The number of aromatic amines is 2.